The Morgan fingerprint density at radius 2 is 1.16 bits per heavy atom. The van der Waals surface area contributed by atoms with E-state index in [1.165, 1.54) is 60.5 Å². The molecule has 0 spiro atoms. The number of hydrogen-bond acceptors (Lipinski definition) is 1. The average molecular weight is 577 g/mol. The Labute approximate surface area is 263 Å². The molecule has 2 heteroatoms. The third-order valence-electron chi connectivity index (χ3n) is 9.76. The first-order valence-electron chi connectivity index (χ1n) is 15.7. The molecular formula is C43H32N2. The van der Waals surface area contributed by atoms with E-state index < -0.39 is 0 Å². The van der Waals surface area contributed by atoms with E-state index >= 15 is 0 Å². The molecule has 0 aliphatic heterocycles. The molecule has 0 N–H and O–H groups in total. The summed E-state index contributed by atoms with van der Waals surface area (Å²) in [5, 5.41) is 4.96. The predicted octanol–water partition coefficient (Wildman–Crippen LogP) is 11.7. The van der Waals surface area contributed by atoms with Crippen LogP contribution in [0.5, 0.6) is 0 Å². The molecule has 0 bridgehead atoms. The average Bonchev–Trinajstić information content (AvgIpc) is 3.54. The maximum absolute atomic E-state index is 2.48. The van der Waals surface area contributed by atoms with Gasteiger partial charge in [-0.25, -0.2) is 0 Å². The number of nitrogens with zero attached hydrogens (tertiary/aromatic N) is 2. The van der Waals surface area contributed by atoms with E-state index in [9.17, 15) is 0 Å². The van der Waals surface area contributed by atoms with Gasteiger partial charge in [-0.2, -0.15) is 0 Å². The summed E-state index contributed by atoms with van der Waals surface area (Å²) in [5.74, 6) is 0. The summed E-state index contributed by atoms with van der Waals surface area (Å²) in [7, 11) is 0. The molecule has 7 aromatic carbocycles. The second kappa shape index (κ2) is 9.70. The van der Waals surface area contributed by atoms with Gasteiger partial charge in [0.15, 0.2) is 0 Å². The zero-order chi connectivity index (χ0) is 30.1. The van der Waals surface area contributed by atoms with Crippen LogP contribution < -0.4 is 4.90 Å². The summed E-state index contributed by atoms with van der Waals surface area (Å²) in [4.78, 5) is 2.44. The quantitative estimate of drug-likeness (QED) is 0.202. The molecule has 0 unspecified atom stereocenters. The number of benzene rings is 7. The highest BCUT2D eigenvalue weighted by Gasteiger charge is 2.35. The van der Waals surface area contributed by atoms with Crippen LogP contribution in [0.15, 0.2) is 158 Å². The number of hydrogen-bond donors (Lipinski definition) is 0. The van der Waals surface area contributed by atoms with Crippen LogP contribution in [-0.4, -0.2) is 4.57 Å². The second-order valence-corrected chi connectivity index (χ2v) is 12.6. The first kappa shape index (κ1) is 25.9. The molecule has 0 fully saturated rings. The Morgan fingerprint density at radius 1 is 0.489 bits per heavy atom. The van der Waals surface area contributed by atoms with Crippen molar-refractivity contribution in [2.75, 3.05) is 4.90 Å². The first-order valence-corrected chi connectivity index (χ1v) is 15.7. The van der Waals surface area contributed by atoms with Gasteiger partial charge in [0.05, 0.1) is 22.4 Å². The van der Waals surface area contributed by atoms with Gasteiger partial charge in [-0.15, -0.1) is 0 Å². The highest BCUT2D eigenvalue weighted by atomic mass is 15.2. The Bertz CT molecular complexity index is 2410. The summed E-state index contributed by atoms with van der Waals surface area (Å²) in [6.45, 7) is 4.69. The number of rotatable bonds is 4. The molecule has 0 radical (unpaired) electrons. The molecule has 45 heavy (non-hydrogen) atoms. The van der Waals surface area contributed by atoms with Crippen molar-refractivity contribution >= 4 is 49.6 Å². The van der Waals surface area contributed by atoms with Crippen LogP contribution in [0.4, 0.5) is 17.1 Å². The molecule has 2 nitrogen and oxygen atoms in total. The number of anilines is 3. The lowest BCUT2D eigenvalue weighted by atomic mass is 9.82. The third-order valence-corrected chi connectivity index (χ3v) is 9.76. The number of para-hydroxylation sites is 3. The molecule has 0 amide bonds. The molecule has 1 aliphatic rings. The van der Waals surface area contributed by atoms with Gasteiger partial charge in [-0.3, -0.25) is 0 Å². The number of aromatic nitrogens is 1. The molecule has 0 saturated carbocycles. The maximum Gasteiger partial charge on any atom is 0.0782 e. The van der Waals surface area contributed by atoms with E-state index in [0.29, 0.717) is 0 Å². The van der Waals surface area contributed by atoms with E-state index in [-0.39, 0.29) is 5.41 Å². The SMILES string of the molecule is CC1(C)c2ccccc2-c2cc(N(c3ccccc3)c3cccc4c5ccccc5n(-c5cccc6ccccc56)c34)ccc21. The summed E-state index contributed by atoms with van der Waals surface area (Å²) in [5.41, 5.74) is 12.4. The molecular weight excluding hydrogens is 544 g/mol. The van der Waals surface area contributed by atoms with Gasteiger partial charge < -0.3 is 9.47 Å². The van der Waals surface area contributed by atoms with Crippen LogP contribution in [0.1, 0.15) is 25.0 Å². The minimum atomic E-state index is -0.0389. The third kappa shape index (κ3) is 3.76. The van der Waals surface area contributed by atoms with Crippen LogP contribution in [-0.2, 0) is 5.41 Å². The highest BCUT2D eigenvalue weighted by molar-refractivity contribution is 6.15. The van der Waals surface area contributed by atoms with Gasteiger partial charge in [-0.1, -0.05) is 129 Å². The van der Waals surface area contributed by atoms with Crippen LogP contribution in [0.3, 0.4) is 0 Å². The van der Waals surface area contributed by atoms with Crippen molar-refractivity contribution < 1.29 is 0 Å². The maximum atomic E-state index is 2.48. The summed E-state index contributed by atoms with van der Waals surface area (Å²) in [6.07, 6.45) is 0. The zero-order valence-corrected chi connectivity index (χ0v) is 25.4. The molecule has 0 atom stereocenters. The predicted molar refractivity (Wildman–Crippen MR) is 191 cm³/mol. The van der Waals surface area contributed by atoms with E-state index in [1.807, 2.05) is 0 Å². The monoisotopic (exact) mass is 576 g/mol. The molecule has 8 aromatic rings. The molecule has 0 saturated heterocycles. The van der Waals surface area contributed by atoms with Gasteiger partial charge in [0.2, 0.25) is 0 Å². The normalized spacial score (nSPS) is 13.3. The van der Waals surface area contributed by atoms with Crippen LogP contribution in [0.25, 0.3) is 49.4 Å². The van der Waals surface area contributed by atoms with Crippen LogP contribution in [0, 0.1) is 0 Å². The van der Waals surface area contributed by atoms with Crippen molar-refractivity contribution in [1.29, 1.82) is 0 Å². The minimum Gasteiger partial charge on any atom is -0.308 e. The van der Waals surface area contributed by atoms with Crippen molar-refractivity contribution in [3.63, 3.8) is 0 Å². The molecule has 1 aromatic heterocycles. The Balaban J connectivity index is 1.38. The fourth-order valence-corrected chi connectivity index (χ4v) is 7.69. The lowest BCUT2D eigenvalue weighted by molar-refractivity contribution is 0.660. The molecule has 1 aliphatic carbocycles. The fraction of sp³-hybridized carbons (Fsp3) is 0.0698. The smallest absolute Gasteiger partial charge is 0.0782 e. The lowest BCUT2D eigenvalue weighted by Gasteiger charge is -2.28. The molecule has 214 valence electrons. The van der Waals surface area contributed by atoms with Crippen molar-refractivity contribution in [2.45, 2.75) is 19.3 Å². The highest BCUT2D eigenvalue weighted by Crippen LogP contribution is 2.51. The standard InChI is InChI=1S/C43H32N2/c1-43(2)37-22-10-8-19-33(37)36-28-31(26-27-38(36)43)44(30-16-4-3-5-17-30)41-25-13-21-35-34-20-9-11-23-40(34)45(42(35)41)39-24-12-15-29-14-6-7-18-32(29)39/h3-28H,1-2H3. The summed E-state index contributed by atoms with van der Waals surface area (Å²) >= 11 is 0. The first-order chi connectivity index (χ1) is 22.1. The topological polar surface area (TPSA) is 8.17 Å². The van der Waals surface area contributed by atoms with E-state index in [4.69, 9.17) is 0 Å². The van der Waals surface area contributed by atoms with Gasteiger partial charge in [-0.05, 0) is 70.1 Å². The van der Waals surface area contributed by atoms with Crippen molar-refractivity contribution in [2.24, 2.45) is 0 Å². The summed E-state index contributed by atoms with van der Waals surface area (Å²) < 4.78 is 2.48. The summed E-state index contributed by atoms with van der Waals surface area (Å²) in [6, 6.07) is 57.6. The Hall–Kier alpha value is -5.60. The minimum absolute atomic E-state index is 0.0389. The van der Waals surface area contributed by atoms with E-state index in [1.54, 1.807) is 0 Å². The van der Waals surface area contributed by atoms with E-state index in [0.717, 1.165) is 17.1 Å². The Kier molecular flexibility index (Phi) is 5.58. The lowest BCUT2D eigenvalue weighted by Crippen LogP contribution is -2.15. The van der Waals surface area contributed by atoms with Crippen molar-refractivity contribution in [3.05, 3.63) is 169 Å². The Morgan fingerprint density at radius 3 is 2.04 bits per heavy atom. The zero-order valence-electron chi connectivity index (χ0n) is 25.4. The van der Waals surface area contributed by atoms with Crippen LogP contribution >= 0.6 is 0 Å². The van der Waals surface area contributed by atoms with Crippen molar-refractivity contribution in [3.8, 4) is 16.8 Å². The van der Waals surface area contributed by atoms with Crippen molar-refractivity contribution in [1.82, 2.24) is 4.57 Å². The number of fused-ring (bicyclic) bond motifs is 7. The van der Waals surface area contributed by atoms with Gasteiger partial charge in [0.25, 0.3) is 0 Å². The molecule has 9 rings (SSSR count). The largest absolute Gasteiger partial charge is 0.308 e. The van der Waals surface area contributed by atoms with Gasteiger partial charge in [0, 0.05) is 32.9 Å². The van der Waals surface area contributed by atoms with Gasteiger partial charge in [0.1, 0.15) is 0 Å². The van der Waals surface area contributed by atoms with Gasteiger partial charge >= 0.3 is 0 Å². The molecule has 1 heterocycles. The second-order valence-electron chi connectivity index (χ2n) is 12.6. The van der Waals surface area contributed by atoms with E-state index in [2.05, 4.69) is 181 Å². The fourth-order valence-electron chi connectivity index (χ4n) is 7.69. The van der Waals surface area contributed by atoms with Crippen LogP contribution in [0.2, 0.25) is 0 Å².